The maximum atomic E-state index is 10.8. The van der Waals surface area contributed by atoms with Gasteiger partial charge in [0.05, 0.1) is 5.75 Å². The van der Waals surface area contributed by atoms with E-state index in [1.165, 1.54) is 11.8 Å². The average molecular weight is 263 g/mol. The third kappa shape index (κ3) is 2.67. The molecular formula is C11H13N5OS. The molecule has 0 aromatic carbocycles. The van der Waals surface area contributed by atoms with Crippen LogP contribution in [0.25, 0.3) is 11.4 Å². The van der Waals surface area contributed by atoms with E-state index >= 15 is 0 Å². The van der Waals surface area contributed by atoms with Crippen molar-refractivity contribution in [2.75, 3.05) is 5.75 Å². The van der Waals surface area contributed by atoms with Crippen molar-refractivity contribution < 1.29 is 4.79 Å². The predicted molar refractivity (Wildman–Crippen MR) is 68.8 cm³/mol. The summed E-state index contributed by atoms with van der Waals surface area (Å²) < 4.78 is 1.95. The molecule has 0 spiro atoms. The minimum absolute atomic E-state index is 0.203. The first kappa shape index (κ1) is 12.6. The molecule has 18 heavy (non-hydrogen) atoms. The lowest BCUT2D eigenvalue weighted by molar-refractivity contribution is -0.115. The third-order valence-corrected chi connectivity index (χ3v) is 3.30. The zero-order valence-electron chi connectivity index (χ0n) is 9.91. The van der Waals surface area contributed by atoms with Gasteiger partial charge in [-0.25, -0.2) is 0 Å². The highest BCUT2D eigenvalue weighted by molar-refractivity contribution is 7.99. The lowest BCUT2D eigenvalue weighted by Gasteiger charge is -2.06. The molecule has 2 aromatic heterocycles. The van der Waals surface area contributed by atoms with Crippen LogP contribution in [0.15, 0.2) is 29.7 Å². The number of nitrogens with zero attached hydrogens (tertiary/aromatic N) is 4. The number of carbonyl (C=O) groups is 1. The van der Waals surface area contributed by atoms with Crippen LogP contribution in [0.3, 0.4) is 0 Å². The van der Waals surface area contributed by atoms with Gasteiger partial charge < -0.3 is 10.3 Å². The van der Waals surface area contributed by atoms with Crippen LogP contribution in [0.4, 0.5) is 0 Å². The second-order valence-corrected chi connectivity index (χ2v) is 4.48. The largest absolute Gasteiger partial charge is 0.369 e. The van der Waals surface area contributed by atoms with E-state index in [2.05, 4.69) is 15.2 Å². The summed E-state index contributed by atoms with van der Waals surface area (Å²) in [4.78, 5) is 14.8. The van der Waals surface area contributed by atoms with Gasteiger partial charge in [-0.3, -0.25) is 9.78 Å². The summed E-state index contributed by atoms with van der Waals surface area (Å²) in [5.41, 5.74) is 6.07. The fraction of sp³-hybridized carbons (Fsp3) is 0.273. The van der Waals surface area contributed by atoms with Crippen LogP contribution in [0, 0.1) is 0 Å². The van der Waals surface area contributed by atoms with Gasteiger partial charge in [-0.1, -0.05) is 11.8 Å². The molecule has 0 unspecified atom stereocenters. The molecular weight excluding hydrogens is 250 g/mol. The highest BCUT2D eigenvalue weighted by Gasteiger charge is 2.13. The maximum Gasteiger partial charge on any atom is 0.227 e. The van der Waals surface area contributed by atoms with Crippen molar-refractivity contribution in [2.24, 2.45) is 5.73 Å². The van der Waals surface area contributed by atoms with Crippen molar-refractivity contribution in [3.05, 3.63) is 24.5 Å². The van der Waals surface area contributed by atoms with Gasteiger partial charge in [-0.2, -0.15) is 0 Å². The SMILES string of the molecule is CCn1c(SCC(N)=O)nnc1-c1ccncc1. The molecule has 0 aliphatic rings. The normalized spacial score (nSPS) is 10.5. The van der Waals surface area contributed by atoms with E-state index in [1.807, 2.05) is 23.6 Å². The van der Waals surface area contributed by atoms with Crippen LogP contribution < -0.4 is 5.73 Å². The Bertz CT molecular complexity index is 540. The first-order valence-corrected chi connectivity index (χ1v) is 6.45. The smallest absolute Gasteiger partial charge is 0.227 e. The molecule has 2 aromatic rings. The first-order chi connectivity index (χ1) is 8.72. The number of hydrogen-bond donors (Lipinski definition) is 1. The standard InChI is InChI=1S/C11H13N5OS/c1-2-16-10(8-3-5-13-6-4-8)14-15-11(16)18-7-9(12)17/h3-6H,2,7H2,1H3,(H2,12,17). The molecule has 0 aliphatic carbocycles. The van der Waals surface area contributed by atoms with Crippen LogP contribution in [0.5, 0.6) is 0 Å². The van der Waals surface area contributed by atoms with Crippen LogP contribution in [-0.2, 0) is 11.3 Å². The Balaban J connectivity index is 2.30. The van der Waals surface area contributed by atoms with Crippen LogP contribution in [0.2, 0.25) is 0 Å². The summed E-state index contributed by atoms with van der Waals surface area (Å²) in [5.74, 6) is 0.608. The maximum absolute atomic E-state index is 10.8. The molecule has 2 heterocycles. The molecule has 2 N–H and O–H groups in total. The molecule has 0 saturated carbocycles. The molecule has 0 radical (unpaired) electrons. The Labute approximate surface area is 109 Å². The van der Waals surface area contributed by atoms with E-state index in [0.717, 1.165) is 17.9 Å². The number of aromatic nitrogens is 4. The number of primary amides is 1. The van der Waals surface area contributed by atoms with Crippen LogP contribution in [0.1, 0.15) is 6.92 Å². The zero-order chi connectivity index (χ0) is 13.0. The minimum Gasteiger partial charge on any atom is -0.369 e. The van der Waals surface area contributed by atoms with Crippen molar-refractivity contribution in [3.63, 3.8) is 0 Å². The quantitative estimate of drug-likeness (QED) is 0.811. The Kier molecular flexibility index (Phi) is 3.93. The zero-order valence-corrected chi connectivity index (χ0v) is 10.7. The summed E-state index contributed by atoms with van der Waals surface area (Å²) in [6.45, 7) is 2.73. The number of hydrogen-bond acceptors (Lipinski definition) is 5. The second kappa shape index (κ2) is 5.63. The topological polar surface area (TPSA) is 86.7 Å². The van der Waals surface area contributed by atoms with Crippen LogP contribution in [-0.4, -0.2) is 31.4 Å². The van der Waals surface area contributed by atoms with Gasteiger partial charge in [0.1, 0.15) is 0 Å². The molecule has 1 amide bonds. The van der Waals surface area contributed by atoms with E-state index in [1.54, 1.807) is 12.4 Å². The Hall–Kier alpha value is -1.89. The summed E-state index contributed by atoms with van der Waals surface area (Å²) in [6, 6.07) is 3.75. The number of rotatable bonds is 5. The van der Waals surface area contributed by atoms with Crippen molar-refractivity contribution in [1.29, 1.82) is 0 Å². The first-order valence-electron chi connectivity index (χ1n) is 5.47. The van der Waals surface area contributed by atoms with Gasteiger partial charge in [0.25, 0.3) is 0 Å². The number of carbonyl (C=O) groups excluding carboxylic acids is 1. The van der Waals surface area contributed by atoms with E-state index in [4.69, 9.17) is 5.73 Å². The Morgan fingerprint density at radius 2 is 2.11 bits per heavy atom. The van der Waals surface area contributed by atoms with E-state index in [9.17, 15) is 4.79 Å². The number of thioether (sulfide) groups is 1. The molecule has 0 saturated heterocycles. The predicted octanol–water partition coefficient (Wildman–Crippen LogP) is 0.937. The summed E-state index contributed by atoms with van der Waals surface area (Å²) in [6.07, 6.45) is 3.42. The molecule has 0 atom stereocenters. The van der Waals surface area contributed by atoms with Crippen molar-refractivity contribution in [1.82, 2.24) is 19.7 Å². The molecule has 0 bridgehead atoms. The highest BCUT2D eigenvalue weighted by atomic mass is 32.2. The Morgan fingerprint density at radius 3 is 2.72 bits per heavy atom. The van der Waals surface area contributed by atoms with Gasteiger partial charge in [0, 0.05) is 24.5 Å². The molecule has 2 rings (SSSR count). The third-order valence-electron chi connectivity index (χ3n) is 2.32. The van der Waals surface area contributed by atoms with Gasteiger partial charge in [0.15, 0.2) is 11.0 Å². The number of amides is 1. The minimum atomic E-state index is -0.365. The monoisotopic (exact) mass is 263 g/mol. The fourth-order valence-electron chi connectivity index (χ4n) is 1.53. The average Bonchev–Trinajstić information content (AvgIpc) is 2.80. The Morgan fingerprint density at radius 1 is 1.39 bits per heavy atom. The van der Waals surface area contributed by atoms with Crippen molar-refractivity contribution >= 4 is 17.7 Å². The molecule has 94 valence electrons. The highest BCUT2D eigenvalue weighted by Crippen LogP contribution is 2.23. The van der Waals surface area contributed by atoms with Gasteiger partial charge in [-0.05, 0) is 19.1 Å². The summed E-state index contributed by atoms with van der Waals surface area (Å²) in [5, 5.41) is 8.93. The lowest BCUT2D eigenvalue weighted by Crippen LogP contribution is -2.13. The lowest BCUT2D eigenvalue weighted by atomic mass is 10.2. The fourth-order valence-corrected chi connectivity index (χ4v) is 2.27. The van der Waals surface area contributed by atoms with Gasteiger partial charge in [0.2, 0.25) is 5.91 Å². The molecule has 7 heteroatoms. The number of nitrogens with two attached hydrogens (primary N) is 1. The molecule has 0 fully saturated rings. The van der Waals surface area contributed by atoms with Crippen LogP contribution >= 0.6 is 11.8 Å². The summed E-state index contributed by atoms with van der Waals surface area (Å²) >= 11 is 1.29. The van der Waals surface area contributed by atoms with Crippen molar-refractivity contribution in [2.45, 2.75) is 18.6 Å². The van der Waals surface area contributed by atoms with E-state index in [-0.39, 0.29) is 11.7 Å². The molecule has 0 aliphatic heterocycles. The molecule has 6 nitrogen and oxygen atoms in total. The van der Waals surface area contributed by atoms with Gasteiger partial charge in [-0.15, -0.1) is 10.2 Å². The summed E-state index contributed by atoms with van der Waals surface area (Å²) in [7, 11) is 0. The van der Waals surface area contributed by atoms with Crippen molar-refractivity contribution in [3.8, 4) is 11.4 Å². The second-order valence-electron chi connectivity index (χ2n) is 3.54. The number of pyridine rings is 1. The van der Waals surface area contributed by atoms with Gasteiger partial charge >= 0.3 is 0 Å². The van der Waals surface area contributed by atoms with E-state index in [0.29, 0.717) is 5.16 Å². The van der Waals surface area contributed by atoms with E-state index < -0.39 is 0 Å².